The van der Waals surface area contributed by atoms with Gasteiger partial charge in [-0.2, -0.15) is 0 Å². The standard InChI is InChI=1S/C19H23N3O4/c1-22(2)14-10-8-13(9-11-14)16(23)12-20-18(24)19(25)21-15-6-4-5-7-17(15)26-3/h4-11,16,23H,12H2,1-3H3,(H,20,24)(H,21,25). The van der Waals surface area contributed by atoms with Crippen LogP contribution >= 0.6 is 0 Å². The molecule has 0 saturated carbocycles. The fourth-order valence-electron chi connectivity index (χ4n) is 2.31. The summed E-state index contributed by atoms with van der Waals surface area (Å²) >= 11 is 0. The Labute approximate surface area is 152 Å². The lowest BCUT2D eigenvalue weighted by atomic mass is 10.1. The van der Waals surface area contributed by atoms with Gasteiger partial charge in [0.15, 0.2) is 0 Å². The number of nitrogens with one attached hydrogen (secondary N) is 2. The molecule has 2 aromatic carbocycles. The topological polar surface area (TPSA) is 90.9 Å². The third-order valence-corrected chi connectivity index (χ3v) is 3.81. The Kier molecular flexibility index (Phi) is 6.57. The first-order valence-corrected chi connectivity index (χ1v) is 8.10. The van der Waals surface area contributed by atoms with Crippen LogP contribution in [0.4, 0.5) is 11.4 Å². The summed E-state index contributed by atoms with van der Waals surface area (Å²) in [5.74, 6) is -1.21. The smallest absolute Gasteiger partial charge is 0.313 e. The predicted molar refractivity (Wildman–Crippen MR) is 100 cm³/mol. The van der Waals surface area contributed by atoms with Crippen molar-refractivity contribution < 1.29 is 19.4 Å². The molecule has 1 atom stereocenters. The molecule has 0 aliphatic carbocycles. The summed E-state index contributed by atoms with van der Waals surface area (Å²) in [6.45, 7) is -0.0700. The van der Waals surface area contributed by atoms with Crippen molar-refractivity contribution in [3.05, 3.63) is 54.1 Å². The maximum absolute atomic E-state index is 12.0. The summed E-state index contributed by atoms with van der Waals surface area (Å²) in [7, 11) is 5.32. The number of aliphatic hydroxyl groups is 1. The number of hydrogen-bond acceptors (Lipinski definition) is 5. The molecule has 2 aromatic rings. The fourth-order valence-corrected chi connectivity index (χ4v) is 2.31. The second kappa shape index (κ2) is 8.87. The van der Waals surface area contributed by atoms with E-state index in [9.17, 15) is 14.7 Å². The van der Waals surface area contributed by atoms with Crippen molar-refractivity contribution in [3.63, 3.8) is 0 Å². The SMILES string of the molecule is COc1ccccc1NC(=O)C(=O)NCC(O)c1ccc(N(C)C)cc1. The number of aliphatic hydroxyl groups excluding tert-OH is 1. The van der Waals surface area contributed by atoms with E-state index in [-0.39, 0.29) is 6.54 Å². The van der Waals surface area contributed by atoms with E-state index < -0.39 is 17.9 Å². The Hall–Kier alpha value is -3.06. The van der Waals surface area contributed by atoms with Gasteiger partial charge in [0.05, 0.1) is 18.9 Å². The van der Waals surface area contributed by atoms with Gasteiger partial charge in [-0.25, -0.2) is 0 Å². The molecule has 0 fully saturated rings. The van der Waals surface area contributed by atoms with Crippen molar-refractivity contribution in [1.82, 2.24) is 5.32 Å². The zero-order chi connectivity index (χ0) is 19.1. The lowest BCUT2D eigenvalue weighted by Crippen LogP contribution is -2.37. The molecule has 0 aliphatic heterocycles. The molecule has 0 heterocycles. The van der Waals surface area contributed by atoms with E-state index >= 15 is 0 Å². The van der Waals surface area contributed by atoms with Gasteiger partial charge in [-0.05, 0) is 29.8 Å². The van der Waals surface area contributed by atoms with Crippen LogP contribution < -0.4 is 20.3 Å². The molecule has 7 nitrogen and oxygen atoms in total. The Morgan fingerprint density at radius 2 is 1.73 bits per heavy atom. The number of hydrogen-bond donors (Lipinski definition) is 3. The van der Waals surface area contributed by atoms with Crippen LogP contribution in [0.2, 0.25) is 0 Å². The minimum Gasteiger partial charge on any atom is -0.495 e. The molecule has 2 rings (SSSR count). The summed E-state index contributed by atoms with van der Waals surface area (Å²) in [5, 5.41) is 15.1. The van der Waals surface area contributed by atoms with E-state index in [0.29, 0.717) is 17.0 Å². The number of benzene rings is 2. The molecular formula is C19H23N3O4. The van der Waals surface area contributed by atoms with Gasteiger partial charge in [-0.1, -0.05) is 24.3 Å². The van der Waals surface area contributed by atoms with E-state index in [1.807, 2.05) is 31.1 Å². The quantitative estimate of drug-likeness (QED) is 0.683. The molecule has 0 spiro atoms. The molecule has 7 heteroatoms. The average Bonchev–Trinajstić information content (AvgIpc) is 2.66. The van der Waals surface area contributed by atoms with E-state index in [0.717, 1.165) is 5.69 Å². The van der Waals surface area contributed by atoms with Crippen LogP contribution in [0.5, 0.6) is 5.75 Å². The van der Waals surface area contributed by atoms with Crippen molar-refractivity contribution in [1.29, 1.82) is 0 Å². The predicted octanol–water partition coefficient (Wildman–Crippen LogP) is 1.55. The van der Waals surface area contributed by atoms with Gasteiger partial charge in [0.1, 0.15) is 5.75 Å². The number of carbonyl (C=O) groups is 2. The zero-order valence-electron chi connectivity index (χ0n) is 15.0. The molecule has 26 heavy (non-hydrogen) atoms. The van der Waals surface area contributed by atoms with Gasteiger partial charge >= 0.3 is 11.8 Å². The van der Waals surface area contributed by atoms with Gasteiger partial charge in [0.25, 0.3) is 0 Å². The third-order valence-electron chi connectivity index (χ3n) is 3.81. The summed E-state index contributed by atoms with van der Waals surface area (Å²) in [4.78, 5) is 25.9. The normalized spacial score (nSPS) is 11.4. The van der Waals surface area contributed by atoms with Crippen LogP contribution in [-0.4, -0.2) is 44.7 Å². The highest BCUT2D eigenvalue weighted by Crippen LogP contribution is 2.22. The van der Waals surface area contributed by atoms with Gasteiger partial charge in [0.2, 0.25) is 0 Å². The highest BCUT2D eigenvalue weighted by atomic mass is 16.5. The van der Waals surface area contributed by atoms with Crippen LogP contribution in [0.1, 0.15) is 11.7 Å². The number of rotatable bonds is 6. The van der Waals surface area contributed by atoms with Crippen molar-refractivity contribution in [2.45, 2.75) is 6.10 Å². The number of anilines is 2. The Morgan fingerprint density at radius 3 is 2.35 bits per heavy atom. The molecule has 0 aromatic heterocycles. The summed E-state index contributed by atoms with van der Waals surface area (Å²) in [5.41, 5.74) is 2.05. The maximum atomic E-state index is 12.0. The minimum absolute atomic E-state index is 0.0700. The van der Waals surface area contributed by atoms with Gasteiger partial charge < -0.3 is 25.4 Å². The lowest BCUT2D eigenvalue weighted by Gasteiger charge is -2.16. The summed E-state index contributed by atoms with van der Waals surface area (Å²) in [6, 6.07) is 14.1. The van der Waals surface area contributed by atoms with Gasteiger partial charge in [0, 0.05) is 26.3 Å². The summed E-state index contributed by atoms with van der Waals surface area (Å²) in [6.07, 6.45) is -0.908. The number of methoxy groups -OCH3 is 1. The molecule has 0 radical (unpaired) electrons. The lowest BCUT2D eigenvalue weighted by molar-refractivity contribution is -0.136. The van der Waals surface area contributed by atoms with Crippen molar-refractivity contribution in [2.75, 3.05) is 38.0 Å². The molecule has 0 saturated heterocycles. The average molecular weight is 357 g/mol. The van der Waals surface area contributed by atoms with Crippen LogP contribution in [0.15, 0.2) is 48.5 Å². The first-order chi connectivity index (χ1) is 12.4. The largest absolute Gasteiger partial charge is 0.495 e. The van der Waals surface area contributed by atoms with Crippen LogP contribution in [-0.2, 0) is 9.59 Å². The second-order valence-corrected chi connectivity index (χ2v) is 5.87. The van der Waals surface area contributed by atoms with Crippen molar-refractivity contribution >= 4 is 23.2 Å². The molecular weight excluding hydrogens is 334 g/mol. The van der Waals surface area contributed by atoms with Crippen LogP contribution in [0.3, 0.4) is 0 Å². The minimum atomic E-state index is -0.908. The first kappa shape index (κ1) is 19.3. The van der Waals surface area contributed by atoms with Crippen molar-refractivity contribution in [3.8, 4) is 5.75 Å². The summed E-state index contributed by atoms with van der Waals surface area (Å²) < 4.78 is 5.12. The van der Waals surface area contributed by atoms with Gasteiger partial charge in [-0.3, -0.25) is 9.59 Å². The molecule has 0 bridgehead atoms. The molecule has 0 aliphatic rings. The molecule has 3 N–H and O–H groups in total. The fraction of sp³-hybridized carbons (Fsp3) is 0.263. The monoisotopic (exact) mass is 357 g/mol. The van der Waals surface area contributed by atoms with E-state index in [2.05, 4.69) is 10.6 Å². The Bertz CT molecular complexity index is 760. The van der Waals surface area contributed by atoms with Crippen LogP contribution in [0, 0.1) is 0 Å². The van der Waals surface area contributed by atoms with Crippen molar-refractivity contribution in [2.24, 2.45) is 0 Å². The molecule has 1 unspecified atom stereocenters. The number of amides is 2. The Balaban J connectivity index is 1.89. The zero-order valence-corrected chi connectivity index (χ0v) is 15.0. The maximum Gasteiger partial charge on any atom is 0.313 e. The number of carbonyl (C=O) groups excluding carboxylic acids is 2. The Morgan fingerprint density at radius 1 is 1.08 bits per heavy atom. The first-order valence-electron chi connectivity index (χ1n) is 8.10. The third kappa shape index (κ3) is 4.97. The highest BCUT2D eigenvalue weighted by molar-refractivity contribution is 6.39. The van der Waals surface area contributed by atoms with E-state index in [1.54, 1.807) is 36.4 Å². The van der Waals surface area contributed by atoms with E-state index in [1.165, 1.54) is 7.11 Å². The number of ether oxygens (including phenoxy) is 1. The number of para-hydroxylation sites is 2. The molecule has 138 valence electrons. The van der Waals surface area contributed by atoms with E-state index in [4.69, 9.17) is 4.74 Å². The highest BCUT2D eigenvalue weighted by Gasteiger charge is 2.17. The number of nitrogens with zero attached hydrogens (tertiary/aromatic N) is 1. The second-order valence-electron chi connectivity index (χ2n) is 5.87. The van der Waals surface area contributed by atoms with Crippen LogP contribution in [0.25, 0.3) is 0 Å². The molecule has 2 amide bonds. The van der Waals surface area contributed by atoms with Gasteiger partial charge in [-0.15, -0.1) is 0 Å².